The van der Waals surface area contributed by atoms with Gasteiger partial charge in [0.05, 0.1) is 7.11 Å². The van der Waals surface area contributed by atoms with Gasteiger partial charge in [0.25, 0.3) is 5.91 Å². The number of alkyl halides is 1. The minimum Gasteiger partial charge on any atom is -0.496 e. The Labute approximate surface area is 121 Å². The number of rotatable bonds is 4. The summed E-state index contributed by atoms with van der Waals surface area (Å²) in [5.41, 5.74) is 1.19. The van der Waals surface area contributed by atoms with Crippen LogP contribution in [0, 0.1) is 5.82 Å². The Morgan fingerprint density at radius 1 is 1.25 bits per heavy atom. The summed E-state index contributed by atoms with van der Waals surface area (Å²) in [5, 5.41) is 2.65. The van der Waals surface area contributed by atoms with Gasteiger partial charge in [-0.15, -0.1) is 11.6 Å². The number of para-hydroxylation sites is 1. The van der Waals surface area contributed by atoms with Gasteiger partial charge in [-0.25, -0.2) is 4.39 Å². The fourth-order valence-electron chi connectivity index (χ4n) is 1.84. The molecule has 2 aromatic rings. The number of hydrogen-bond acceptors (Lipinski definition) is 2. The molecule has 104 valence electrons. The lowest BCUT2D eigenvalue weighted by Gasteiger charge is -2.12. The van der Waals surface area contributed by atoms with E-state index in [1.54, 1.807) is 18.2 Å². The third-order valence-electron chi connectivity index (χ3n) is 2.83. The molecule has 0 aliphatic heterocycles. The summed E-state index contributed by atoms with van der Waals surface area (Å²) in [4.78, 5) is 12.2. The molecule has 0 saturated heterocycles. The van der Waals surface area contributed by atoms with Crippen LogP contribution in [-0.2, 0) is 5.88 Å². The molecule has 2 rings (SSSR count). The third-order valence-corrected chi connectivity index (χ3v) is 3.12. The van der Waals surface area contributed by atoms with E-state index in [1.165, 1.54) is 25.3 Å². The van der Waals surface area contributed by atoms with Crippen LogP contribution in [0.4, 0.5) is 10.1 Å². The Morgan fingerprint density at radius 3 is 2.70 bits per heavy atom. The van der Waals surface area contributed by atoms with E-state index in [-0.39, 0.29) is 17.2 Å². The lowest BCUT2D eigenvalue weighted by atomic mass is 10.1. The maximum Gasteiger partial charge on any atom is 0.262 e. The number of carbonyl (C=O) groups excluding carboxylic acids is 1. The molecule has 0 fully saturated rings. The Kier molecular flexibility index (Phi) is 4.58. The molecular weight excluding hydrogens is 281 g/mol. The molecule has 0 spiro atoms. The zero-order valence-electron chi connectivity index (χ0n) is 10.8. The van der Waals surface area contributed by atoms with Crippen LogP contribution in [0.1, 0.15) is 15.9 Å². The topological polar surface area (TPSA) is 38.3 Å². The molecule has 3 nitrogen and oxygen atoms in total. The van der Waals surface area contributed by atoms with Gasteiger partial charge in [-0.2, -0.15) is 0 Å². The molecule has 0 aromatic heterocycles. The fraction of sp³-hybridized carbons (Fsp3) is 0.133. The Balaban J connectivity index is 2.33. The molecule has 0 unspecified atom stereocenters. The Hall–Kier alpha value is -2.07. The van der Waals surface area contributed by atoms with Gasteiger partial charge in [-0.1, -0.05) is 24.3 Å². The smallest absolute Gasteiger partial charge is 0.262 e. The van der Waals surface area contributed by atoms with Crippen LogP contribution in [0.25, 0.3) is 0 Å². The maximum absolute atomic E-state index is 13.8. The van der Waals surface area contributed by atoms with E-state index in [0.29, 0.717) is 5.69 Å². The quantitative estimate of drug-likeness (QED) is 0.870. The van der Waals surface area contributed by atoms with Crippen molar-refractivity contribution in [3.8, 4) is 5.75 Å². The van der Waals surface area contributed by atoms with Gasteiger partial charge in [-0.3, -0.25) is 4.79 Å². The molecule has 0 radical (unpaired) electrons. The number of amides is 1. The van der Waals surface area contributed by atoms with Crippen molar-refractivity contribution in [2.75, 3.05) is 12.4 Å². The highest BCUT2D eigenvalue weighted by atomic mass is 35.5. The molecule has 0 aliphatic carbocycles. The largest absolute Gasteiger partial charge is 0.496 e. The summed E-state index contributed by atoms with van der Waals surface area (Å²) in [6.07, 6.45) is 0. The fourth-order valence-corrected chi connectivity index (χ4v) is 2.07. The standard InChI is InChI=1S/C15H13ClFNO2/c1-20-13-8-4-6-11(17)14(13)15(19)18-12-7-3-2-5-10(12)9-16/h2-8H,9H2,1H3,(H,18,19). The number of methoxy groups -OCH3 is 1. The van der Waals surface area contributed by atoms with Crippen molar-refractivity contribution in [2.45, 2.75) is 5.88 Å². The molecule has 5 heteroatoms. The number of halogens is 2. The molecule has 1 amide bonds. The Bertz CT molecular complexity index is 631. The van der Waals surface area contributed by atoms with Crippen molar-refractivity contribution >= 4 is 23.2 Å². The second-order valence-electron chi connectivity index (χ2n) is 4.06. The molecule has 0 atom stereocenters. The summed E-state index contributed by atoms with van der Waals surface area (Å²) in [6, 6.07) is 11.3. The van der Waals surface area contributed by atoms with Crippen molar-refractivity contribution in [2.24, 2.45) is 0 Å². The van der Waals surface area contributed by atoms with Crippen LogP contribution in [0.15, 0.2) is 42.5 Å². The van der Waals surface area contributed by atoms with E-state index < -0.39 is 11.7 Å². The van der Waals surface area contributed by atoms with Gasteiger partial charge in [-0.05, 0) is 23.8 Å². The normalized spacial score (nSPS) is 10.2. The molecule has 20 heavy (non-hydrogen) atoms. The highest BCUT2D eigenvalue weighted by Gasteiger charge is 2.18. The van der Waals surface area contributed by atoms with Crippen molar-refractivity contribution < 1.29 is 13.9 Å². The highest BCUT2D eigenvalue weighted by Crippen LogP contribution is 2.24. The molecule has 0 aliphatic rings. The summed E-state index contributed by atoms with van der Waals surface area (Å²) in [6.45, 7) is 0. The number of benzene rings is 2. The molecular formula is C15H13ClFNO2. The lowest BCUT2D eigenvalue weighted by molar-refractivity contribution is 0.102. The Morgan fingerprint density at radius 2 is 2.00 bits per heavy atom. The minimum absolute atomic E-state index is 0.126. The van der Waals surface area contributed by atoms with Gasteiger partial charge < -0.3 is 10.1 Å². The van der Waals surface area contributed by atoms with Crippen molar-refractivity contribution in [1.82, 2.24) is 0 Å². The summed E-state index contributed by atoms with van der Waals surface area (Å²) in [5.74, 6) is -0.765. The molecule has 2 aromatic carbocycles. The first-order chi connectivity index (χ1) is 9.67. The molecule has 0 bridgehead atoms. The first-order valence-corrected chi connectivity index (χ1v) is 6.48. The zero-order valence-corrected chi connectivity index (χ0v) is 11.6. The summed E-state index contributed by atoms with van der Waals surface area (Å²) in [7, 11) is 1.39. The van der Waals surface area contributed by atoms with Crippen LogP contribution in [0.2, 0.25) is 0 Å². The summed E-state index contributed by atoms with van der Waals surface area (Å²) >= 11 is 5.80. The molecule has 1 N–H and O–H groups in total. The first kappa shape index (κ1) is 14.3. The van der Waals surface area contributed by atoms with Crippen LogP contribution in [-0.4, -0.2) is 13.0 Å². The van der Waals surface area contributed by atoms with Gasteiger partial charge in [0.15, 0.2) is 0 Å². The average molecular weight is 294 g/mol. The van der Waals surface area contributed by atoms with E-state index >= 15 is 0 Å². The van der Waals surface area contributed by atoms with Crippen LogP contribution in [0.3, 0.4) is 0 Å². The van der Waals surface area contributed by atoms with E-state index in [9.17, 15) is 9.18 Å². The van der Waals surface area contributed by atoms with Crippen molar-refractivity contribution in [3.63, 3.8) is 0 Å². The summed E-state index contributed by atoms with van der Waals surface area (Å²) < 4.78 is 18.8. The van der Waals surface area contributed by atoms with E-state index in [1.807, 2.05) is 6.07 Å². The van der Waals surface area contributed by atoms with Gasteiger partial charge >= 0.3 is 0 Å². The number of hydrogen-bond donors (Lipinski definition) is 1. The predicted octanol–water partition coefficient (Wildman–Crippen LogP) is 3.83. The van der Waals surface area contributed by atoms with E-state index in [4.69, 9.17) is 16.3 Å². The average Bonchev–Trinajstić information content (AvgIpc) is 2.47. The van der Waals surface area contributed by atoms with Crippen molar-refractivity contribution in [3.05, 3.63) is 59.4 Å². The predicted molar refractivity (Wildman–Crippen MR) is 76.9 cm³/mol. The minimum atomic E-state index is -0.634. The molecule has 0 saturated carbocycles. The van der Waals surface area contributed by atoms with E-state index in [0.717, 1.165) is 5.56 Å². The van der Waals surface area contributed by atoms with Crippen LogP contribution >= 0.6 is 11.6 Å². The van der Waals surface area contributed by atoms with Gasteiger partial charge in [0.1, 0.15) is 17.1 Å². The number of carbonyl (C=O) groups is 1. The van der Waals surface area contributed by atoms with Crippen molar-refractivity contribution in [1.29, 1.82) is 0 Å². The second-order valence-corrected chi connectivity index (χ2v) is 4.33. The lowest BCUT2D eigenvalue weighted by Crippen LogP contribution is -2.16. The number of ether oxygens (including phenoxy) is 1. The first-order valence-electron chi connectivity index (χ1n) is 5.95. The maximum atomic E-state index is 13.8. The second kappa shape index (κ2) is 6.39. The van der Waals surface area contributed by atoms with Crippen LogP contribution < -0.4 is 10.1 Å². The third kappa shape index (κ3) is 2.91. The highest BCUT2D eigenvalue weighted by molar-refractivity contribution is 6.17. The zero-order chi connectivity index (χ0) is 14.5. The molecule has 0 heterocycles. The van der Waals surface area contributed by atoms with Crippen LogP contribution in [0.5, 0.6) is 5.75 Å². The van der Waals surface area contributed by atoms with Gasteiger partial charge in [0, 0.05) is 11.6 Å². The van der Waals surface area contributed by atoms with Gasteiger partial charge in [0.2, 0.25) is 0 Å². The monoisotopic (exact) mass is 293 g/mol. The number of anilines is 1. The SMILES string of the molecule is COc1cccc(F)c1C(=O)Nc1ccccc1CCl. The van der Waals surface area contributed by atoms with E-state index in [2.05, 4.69) is 5.32 Å². The number of nitrogens with one attached hydrogen (secondary N) is 1.